The summed E-state index contributed by atoms with van der Waals surface area (Å²) >= 11 is 0. The van der Waals surface area contributed by atoms with Crippen molar-refractivity contribution < 1.29 is 4.52 Å². The predicted octanol–water partition coefficient (Wildman–Crippen LogP) is 1.17. The zero-order chi connectivity index (χ0) is 15.4. The first-order valence-corrected chi connectivity index (χ1v) is 7.90. The second kappa shape index (κ2) is 7.02. The van der Waals surface area contributed by atoms with Crippen LogP contribution in [0.4, 0.5) is 0 Å². The van der Waals surface area contributed by atoms with Gasteiger partial charge in [-0.3, -0.25) is 9.58 Å². The Morgan fingerprint density at radius 1 is 1.45 bits per heavy atom. The third-order valence-corrected chi connectivity index (χ3v) is 4.28. The lowest BCUT2D eigenvalue weighted by molar-refractivity contribution is 0.106. The molecule has 3 rings (SSSR count). The number of hydrogen-bond acceptors (Lipinski definition) is 6. The summed E-state index contributed by atoms with van der Waals surface area (Å²) in [6.45, 7) is 6.73. The number of rotatable bonds is 6. The number of piperidine rings is 1. The molecule has 0 spiro atoms. The van der Waals surface area contributed by atoms with Gasteiger partial charge in [0.15, 0.2) is 5.82 Å². The van der Waals surface area contributed by atoms with E-state index in [0.717, 1.165) is 38.5 Å². The van der Waals surface area contributed by atoms with Crippen molar-refractivity contribution in [1.82, 2.24) is 29.7 Å². The van der Waals surface area contributed by atoms with Gasteiger partial charge in [-0.1, -0.05) is 5.16 Å². The van der Waals surface area contributed by atoms with Gasteiger partial charge in [-0.15, -0.1) is 0 Å². The monoisotopic (exact) mass is 304 g/mol. The molecule has 0 amide bonds. The van der Waals surface area contributed by atoms with E-state index in [0.29, 0.717) is 11.9 Å². The summed E-state index contributed by atoms with van der Waals surface area (Å²) in [5, 5.41) is 8.26. The summed E-state index contributed by atoms with van der Waals surface area (Å²) in [5.41, 5.74) is 0. The molecule has 7 nitrogen and oxygen atoms in total. The molecule has 0 radical (unpaired) electrons. The number of hydrogen-bond donors (Lipinski definition) is 0. The highest BCUT2D eigenvalue weighted by molar-refractivity contribution is 4.87. The maximum absolute atomic E-state index is 5.05. The van der Waals surface area contributed by atoms with E-state index >= 15 is 0 Å². The highest BCUT2D eigenvalue weighted by Gasteiger charge is 2.24. The molecular formula is C15H24N6O. The Labute approximate surface area is 130 Å². The molecule has 1 aliphatic rings. The molecule has 1 aliphatic heterocycles. The topological polar surface area (TPSA) is 63.2 Å². The second-order valence-electron chi connectivity index (χ2n) is 6.01. The molecule has 120 valence electrons. The zero-order valence-electron chi connectivity index (χ0n) is 13.4. The number of aryl methyl sites for hydroxylation is 1. The first-order valence-electron chi connectivity index (χ1n) is 7.90. The third-order valence-electron chi connectivity index (χ3n) is 4.28. The molecule has 1 fully saturated rings. The van der Waals surface area contributed by atoms with Crippen molar-refractivity contribution in [3.63, 3.8) is 0 Å². The van der Waals surface area contributed by atoms with Crippen molar-refractivity contribution >= 4 is 0 Å². The van der Waals surface area contributed by atoms with Crippen LogP contribution in [0.1, 0.15) is 24.6 Å². The minimum atomic E-state index is 0.581. The van der Waals surface area contributed by atoms with Crippen LogP contribution in [0.5, 0.6) is 0 Å². The van der Waals surface area contributed by atoms with E-state index in [9.17, 15) is 0 Å². The van der Waals surface area contributed by atoms with Gasteiger partial charge in [0, 0.05) is 38.4 Å². The lowest BCUT2D eigenvalue weighted by Crippen LogP contribution is -2.47. The van der Waals surface area contributed by atoms with E-state index in [1.807, 2.05) is 30.1 Å². The molecule has 22 heavy (non-hydrogen) atoms. The Hall–Kier alpha value is -1.73. The van der Waals surface area contributed by atoms with Gasteiger partial charge in [-0.2, -0.15) is 10.1 Å². The molecule has 0 bridgehead atoms. The van der Waals surface area contributed by atoms with Crippen LogP contribution < -0.4 is 0 Å². The molecule has 2 aromatic rings. The van der Waals surface area contributed by atoms with Crippen molar-refractivity contribution in [2.45, 2.75) is 38.9 Å². The SMILES string of the molecule is Cc1nc(CN2CCC[C@H](N(C)CCn3cccn3)C2)no1. The molecule has 1 atom stereocenters. The highest BCUT2D eigenvalue weighted by atomic mass is 16.5. The Morgan fingerprint density at radius 3 is 3.09 bits per heavy atom. The lowest BCUT2D eigenvalue weighted by Gasteiger charge is -2.37. The van der Waals surface area contributed by atoms with E-state index in [1.165, 1.54) is 12.8 Å². The van der Waals surface area contributed by atoms with Gasteiger partial charge in [0.1, 0.15) is 0 Å². The van der Waals surface area contributed by atoms with Crippen LogP contribution in [0, 0.1) is 6.92 Å². The molecule has 0 unspecified atom stereocenters. The van der Waals surface area contributed by atoms with Crippen LogP contribution >= 0.6 is 0 Å². The van der Waals surface area contributed by atoms with Crippen LogP contribution in [-0.4, -0.2) is 62.4 Å². The fourth-order valence-corrected chi connectivity index (χ4v) is 3.02. The zero-order valence-corrected chi connectivity index (χ0v) is 13.4. The van der Waals surface area contributed by atoms with Gasteiger partial charge in [-0.25, -0.2) is 0 Å². The average Bonchev–Trinajstić information content (AvgIpc) is 3.17. The van der Waals surface area contributed by atoms with Gasteiger partial charge in [0.05, 0.1) is 13.1 Å². The number of nitrogens with zero attached hydrogens (tertiary/aromatic N) is 6. The van der Waals surface area contributed by atoms with E-state index < -0.39 is 0 Å². The fourth-order valence-electron chi connectivity index (χ4n) is 3.02. The first-order chi connectivity index (χ1) is 10.7. The predicted molar refractivity (Wildman–Crippen MR) is 82.2 cm³/mol. The van der Waals surface area contributed by atoms with Gasteiger partial charge in [0.2, 0.25) is 5.89 Å². The van der Waals surface area contributed by atoms with Crippen molar-refractivity contribution in [3.05, 3.63) is 30.2 Å². The molecule has 1 saturated heterocycles. The Balaban J connectivity index is 1.49. The van der Waals surface area contributed by atoms with Gasteiger partial charge < -0.3 is 9.42 Å². The molecule has 3 heterocycles. The van der Waals surface area contributed by atoms with Crippen molar-refractivity contribution in [2.24, 2.45) is 0 Å². The second-order valence-corrected chi connectivity index (χ2v) is 6.01. The molecule has 0 aliphatic carbocycles. The van der Waals surface area contributed by atoms with Crippen molar-refractivity contribution in [1.29, 1.82) is 0 Å². The Kier molecular flexibility index (Phi) is 4.84. The number of likely N-dealkylation sites (N-methyl/N-ethyl adjacent to an activating group) is 1. The van der Waals surface area contributed by atoms with Crippen LogP contribution in [0.15, 0.2) is 23.0 Å². The maximum atomic E-state index is 5.05. The highest BCUT2D eigenvalue weighted by Crippen LogP contribution is 2.16. The van der Waals surface area contributed by atoms with E-state index in [-0.39, 0.29) is 0 Å². The lowest BCUT2D eigenvalue weighted by atomic mass is 10.0. The summed E-state index contributed by atoms with van der Waals surface area (Å²) in [5.74, 6) is 1.43. The van der Waals surface area contributed by atoms with Crippen molar-refractivity contribution in [3.8, 4) is 0 Å². The molecule has 7 heteroatoms. The van der Waals surface area contributed by atoms with Gasteiger partial charge in [0.25, 0.3) is 0 Å². The van der Waals surface area contributed by atoms with Crippen LogP contribution in [-0.2, 0) is 13.1 Å². The van der Waals surface area contributed by atoms with Crippen LogP contribution in [0.3, 0.4) is 0 Å². The molecule has 0 aromatic carbocycles. The minimum absolute atomic E-state index is 0.581. The maximum Gasteiger partial charge on any atom is 0.223 e. The standard InChI is InChI=1S/C15H24N6O/c1-13-17-15(18-22-13)12-20-7-3-5-14(11-20)19(2)9-10-21-8-4-6-16-21/h4,6,8,14H,3,5,7,9-12H2,1-2H3/t14-/m0/s1. The van der Waals surface area contributed by atoms with Crippen LogP contribution in [0.2, 0.25) is 0 Å². The minimum Gasteiger partial charge on any atom is -0.340 e. The quantitative estimate of drug-likeness (QED) is 0.798. The summed E-state index contributed by atoms with van der Waals surface area (Å²) in [6.07, 6.45) is 6.31. The smallest absolute Gasteiger partial charge is 0.223 e. The van der Waals surface area contributed by atoms with Crippen molar-refractivity contribution in [2.75, 3.05) is 26.7 Å². The molecule has 0 N–H and O–H groups in total. The average molecular weight is 304 g/mol. The first kappa shape index (κ1) is 15.2. The summed E-state index contributed by atoms with van der Waals surface area (Å²) < 4.78 is 7.04. The number of likely N-dealkylation sites (tertiary alicyclic amines) is 1. The Morgan fingerprint density at radius 2 is 2.36 bits per heavy atom. The molecular weight excluding hydrogens is 280 g/mol. The van der Waals surface area contributed by atoms with Gasteiger partial charge >= 0.3 is 0 Å². The summed E-state index contributed by atoms with van der Waals surface area (Å²) in [6, 6.07) is 2.55. The normalized spacial score (nSPS) is 19.9. The Bertz CT molecular complexity index is 566. The molecule has 0 saturated carbocycles. The number of aromatic nitrogens is 4. The third kappa shape index (κ3) is 3.92. The largest absolute Gasteiger partial charge is 0.340 e. The van der Waals surface area contributed by atoms with E-state index in [1.54, 1.807) is 0 Å². The molecule has 2 aromatic heterocycles. The summed E-state index contributed by atoms with van der Waals surface area (Å²) in [4.78, 5) is 9.16. The van der Waals surface area contributed by atoms with Crippen LogP contribution in [0.25, 0.3) is 0 Å². The summed E-state index contributed by atoms with van der Waals surface area (Å²) in [7, 11) is 2.20. The fraction of sp³-hybridized carbons (Fsp3) is 0.667. The van der Waals surface area contributed by atoms with Gasteiger partial charge in [-0.05, 0) is 32.5 Å². The van der Waals surface area contributed by atoms with E-state index in [4.69, 9.17) is 4.52 Å². The van der Waals surface area contributed by atoms with E-state index in [2.05, 4.69) is 32.1 Å².